The van der Waals surface area contributed by atoms with Crippen LogP contribution in [0.3, 0.4) is 0 Å². The Bertz CT molecular complexity index is 633. The van der Waals surface area contributed by atoms with Crippen LogP contribution >= 0.6 is 0 Å². The average Bonchev–Trinajstić information content (AvgIpc) is 2.41. The van der Waals surface area contributed by atoms with Crippen LogP contribution in [-0.4, -0.2) is 24.5 Å². The van der Waals surface area contributed by atoms with Gasteiger partial charge in [0.05, 0.1) is 0 Å². The molecular formula is C14H10N2O4. The number of nitrogens with one attached hydrogen (secondary N) is 2. The molecule has 6 nitrogen and oxygen atoms in total. The second-order valence-corrected chi connectivity index (χ2v) is 3.86. The minimum atomic E-state index is -0.830. The van der Waals surface area contributed by atoms with Crippen molar-refractivity contribution >= 4 is 23.9 Å². The Labute approximate surface area is 114 Å². The van der Waals surface area contributed by atoms with Gasteiger partial charge < -0.3 is 4.74 Å². The first-order chi connectivity index (χ1) is 9.60. The molecular weight excluding hydrogens is 260 g/mol. The molecule has 0 unspecified atom stereocenters. The quantitative estimate of drug-likeness (QED) is 0.474. The number of carbonyl (C=O) groups is 3. The van der Waals surface area contributed by atoms with Crippen LogP contribution in [0.2, 0.25) is 0 Å². The molecule has 0 spiro atoms. The van der Waals surface area contributed by atoms with Gasteiger partial charge in [-0.2, -0.15) is 0 Å². The van der Waals surface area contributed by atoms with Gasteiger partial charge in [0.15, 0.2) is 0 Å². The van der Waals surface area contributed by atoms with E-state index in [-0.39, 0.29) is 12.2 Å². The SMILES string of the molecule is C#CCOc1cccc(C=C2C(=O)NC(=O)NC2=O)c1. The molecule has 1 fully saturated rings. The molecule has 6 heteroatoms. The fourth-order valence-electron chi connectivity index (χ4n) is 1.59. The minimum absolute atomic E-state index is 0.121. The lowest BCUT2D eigenvalue weighted by molar-refractivity contribution is -0.123. The number of carbonyl (C=O) groups excluding carboxylic acids is 3. The van der Waals surface area contributed by atoms with E-state index >= 15 is 0 Å². The molecule has 0 radical (unpaired) electrons. The van der Waals surface area contributed by atoms with E-state index in [2.05, 4.69) is 5.92 Å². The van der Waals surface area contributed by atoms with Crippen molar-refractivity contribution in [2.24, 2.45) is 0 Å². The third-order valence-electron chi connectivity index (χ3n) is 2.43. The Hall–Kier alpha value is -3.07. The van der Waals surface area contributed by atoms with Gasteiger partial charge in [-0.25, -0.2) is 4.79 Å². The highest BCUT2D eigenvalue weighted by Gasteiger charge is 2.27. The zero-order valence-corrected chi connectivity index (χ0v) is 10.3. The van der Waals surface area contributed by atoms with E-state index in [0.29, 0.717) is 11.3 Å². The fourth-order valence-corrected chi connectivity index (χ4v) is 1.59. The third-order valence-corrected chi connectivity index (χ3v) is 2.43. The maximum Gasteiger partial charge on any atom is 0.328 e. The molecule has 1 aromatic rings. The molecule has 1 heterocycles. The lowest BCUT2D eigenvalue weighted by atomic mass is 10.1. The molecule has 1 aromatic carbocycles. The molecule has 0 bridgehead atoms. The van der Waals surface area contributed by atoms with Gasteiger partial charge in [-0.15, -0.1) is 6.42 Å². The number of benzene rings is 1. The van der Waals surface area contributed by atoms with E-state index in [4.69, 9.17) is 11.2 Å². The number of hydrogen-bond donors (Lipinski definition) is 2. The van der Waals surface area contributed by atoms with Crippen molar-refractivity contribution in [3.8, 4) is 18.1 Å². The van der Waals surface area contributed by atoms with Crippen molar-refractivity contribution in [1.29, 1.82) is 0 Å². The highest BCUT2D eigenvalue weighted by molar-refractivity contribution is 6.31. The van der Waals surface area contributed by atoms with E-state index < -0.39 is 17.8 Å². The Morgan fingerprint density at radius 2 is 1.90 bits per heavy atom. The molecule has 1 saturated heterocycles. The molecule has 0 atom stereocenters. The van der Waals surface area contributed by atoms with Crippen LogP contribution in [0.25, 0.3) is 6.08 Å². The van der Waals surface area contributed by atoms with Crippen LogP contribution in [0.1, 0.15) is 5.56 Å². The fraction of sp³-hybridized carbons (Fsp3) is 0.0714. The number of amides is 4. The summed E-state index contributed by atoms with van der Waals surface area (Å²) in [5.41, 5.74) is 0.424. The summed E-state index contributed by atoms with van der Waals surface area (Å²) in [5.74, 6) is 1.37. The number of urea groups is 1. The summed E-state index contributed by atoms with van der Waals surface area (Å²) >= 11 is 0. The molecule has 2 N–H and O–H groups in total. The van der Waals surface area contributed by atoms with Gasteiger partial charge in [-0.05, 0) is 23.8 Å². The minimum Gasteiger partial charge on any atom is -0.481 e. The second-order valence-electron chi connectivity index (χ2n) is 3.86. The monoisotopic (exact) mass is 270 g/mol. The smallest absolute Gasteiger partial charge is 0.328 e. The number of barbiturate groups is 1. The molecule has 0 aliphatic carbocycles. The first kappa shape index (κ1) is 13.4. The summed E-state index contributed by atoms with van der Waals surface area (Å²) in [6.45, 7) is 0.121. The van der Waals surface area contributed by atoms with Gasteiger partial charge in [0.25, 0.3) is 11.8 Å². The molecule has 4 amide bonds. The lowest BCUT2D eigenvalue weighted by Gasteiger charge is -2.14. The van der Waals surface area contributed by atoms with Crippen molar-refractivity contribution in [2.45, 2.75) is 0 Å². The first-order valence-electron chi connectivity index (χ1n) is 5.65. The van der Waals surface area contributed by atoms with Crippen LogP contribution in [-0.2, 0) is 9.59 Å². The van der Waals surface area contributed by atoms with E-state index in [1.165, 1.54) is 6.08 Å². The second kappa shape index (κ2) is 5.71. The Balaban J connectivity index is 2.26. The largest absolute Gasteiger partial charge is 0.481 e. The van der Waals surface area contributed by atoms with Crippen molar-refractivity contribution in [2.75, 3.05) is 6.61 Å². The summed E-state index contributed by atoms with van der Waals surface area (Å²) < 4.78 is 5.24. The summed E-state index contributed by atoms with van der Waals surface area (Å²) in [6, 6.07) is 5.88. The zero-order valence-electron chi connectivity index (χ0n) is 10.3. The first-order valence-corrected chi connectivity index (χ1v) is 5.65. The molecule has 20 heavy (non-hydrogen) atoms. The topological polar surface area (TPSA) is 84.5 Å². The average molecular weight is 270 g/mol. The molecule has 0 aromatic heterocycles. The van der Waals surface area contributed by atoms with Crippen LogP contribution in [0.15, 0.2) is 29.8 Å². The zero-order chi connectivity index (χ0) is 14.5. The van der Waals surface area contributed by atoms with Gasteiger partial charge in [-0.1, -0.05) is 18.1 Å². The highest BCUT2D eigenvalue weighted by Crippen LogP contribution is 2.16. The maximum atomic E-state index is 11.6. The molecule has 1 aliphatic rings. The Morgan fingerprint density at radius 3 is 2.55 bits per heavy atom. The Morgan fingerprint density at radius 1 is 1.20 bits per heavy atom. The van der Waals surface area contributed by atoms with Crippen molar-refractivity contribution in [3.05, 3.63) is 35.4 Å². The normalized spacial score (nSPS) is 14.2. The number of imide groups is 2. The lowest BCUT2D eigenvalue weighted by Crippen LogP contribution is -2.51. The summed E-state index contributed by atoms with van der Waals surface area (Å²) in [4.78, 5) is 34.0. The highest BCUT2D eigenvalue weighted by atomic mass is 16.5. The van der Waals surface area contributed by atoms with Crippen molar-refractivity contribution in [1.82, 2.24) is 10.6 Å². The van der Waals surface area contributed by atoms with Gasteiger partial charge in [0, 0.05) is 0 Å². The van der Waals surface area contributed by atoms with Crippen molar-refractivity contribution < 1.29 is 19.1 Å². The van der Waals surface area contributed by atoms with Crippen LogP contribution in [0, 0.1) is 12.3 Å². The molecule has 2 rings (SSSR count). The Kier molecular flexibility index (Phi) is 3.82. The van der Waals surface area contributed by atoms with E-state index in [1.807, 2.05) is 10.6 Å². The number of ether oxygens (including phenoxy) is 1. The summed E-state index contributed by atoms with van der Waals surface area (Å²) in [7, 11) is 0. The molecule has 1 aliphatic heterocycles. The summed E-state index contributed by atoms with van der Waals surface area (Å²) in [5, 5.41) is 3.99. The third kappa shape index (κ3) is 3.03. The van der Waals surface area contributed by atoms with Crippen LogP contribution in [0.5, 0.6) is 5.75 Å². The maximum absolute atomic E-state index is 11.6. The van der Waals surface area contributed by atoms with E-state index in [1.54, 1.807) is 24.3 Å². The molecule has 100 valence electrons. The summed E-state index contributed by atoms with van der Waals surface area (Å²) in [6.07, 6.45) is 6.45. The van der Waals surface area contributed by atoms with Crippen molar-refractivity contribution in [3.63, 3.8) is 0 Å². The van der Waals surface area contributed by atoms with E-state index in [9.17, 15) is 14.4 Å². The number of hydrogen-bond acceptors (Lipinski definition) is 4. The van der Waals surface area contributed by atoms with Crippen LogP contribution in [0.4, 0.5) is 4.79 Å². The predicted molar refractivity (Wildman–Crippen MR) is 70.4 cm³/mol. The van der Waals surface area contributed by atoms with Gasteiger partial charge >= 0.3 is 6.03 Å². The van der Waals surface area contributed by atoms with Crippen LogP contribution < -0.4 is 15.4 Å². The van der Waals surface area contributed by atoms with Gasteiger partial charge in [0.2, 0.25) is 0 Å². The number of rotatable bonds is 3. The predicted octanol–water partition coefficient (Wildman–Crippen LogP) is 0.448. The van der Waals surface area contributed by atoms with E-state index in [0.717, 1.165) is 0 Å². The standard InChI is InChI=1S/C14H10N2O4/c1-2-6-20-10-5-3-4-9(7-10)8-11-12(17)15-14(19)16-13(11)18/h1,3-5,7-8H,6H2,(H2,15,16,17,18,19). The number of terminal acetylenes is 1. The van der Waals surface area contributed by atoms with Gasteiger partial charge in [-0.3, -0.25) is 20.2 Å². The molecule has 0 saturated carbocycles. The van der Waals surface area contributed by atoms with Gasteiger partial charge in [0.1, 0.15) is 17.9 Å².